The molecule has 5 rings (SSSR count). The lowest BCUT2D eigenvalue weighted by Crippen LogP contribution is -2.46. The Bertz CT molecular complexity index is 1340. The van der Waals surface area contributed by atoms with Crippen molar-refractivity contribution in [3.63, 3.8) is 0 Å². The van der Waals surface area contributed by atoms with Crippen molar-refractivity contribution in [1.29, 1.82) is 0 Å². The highest BCUT2D eigenvalue weighted by Gasteiger charge is 2.33. The van der Waals surface area contributed by atoms with E-state index in [2.05, 4.69) is 10.2 Å². The van der Waals surface area contributed by atoms with Crippen LogP contribution in [0.5, 0.6) is 0 Å². The van der Waals surface area contributed by atoms with Gasteiger partial charge in [0.25, 0.3) is 0 Å². The summed E-state index contributed by atoms with van der Waals surface area (Å²) in [5.74, 6) is -0.608. The SMILES string of the molecule is O=C(NC[C@H](c1ccc(F)cc1)N1CCOCC1)C1CCN(S(=O)(=O)c2ccc3ccccc3c2)CC1. The number of benzene rings is 3. The summed E-state index contributed by atoms with van der Waals surface area (Å²) in [5, 5.41) is 4.96. The number of ether oxygens (including phenoxy) is 1. The Balaban J connectivity index is 1.20. The van der Waals surface area contributed by atoms with Crippen molar-refractivity contribution in [3.8, 4) is 0 Å². The molecule has 196 valence electrons. The van der Waals surface area contributed by atoms with Crippen LogP contribution in [0.4, 0.5) is 4.39 Å². The van der Waals surface area contributed by atoms with Crippen molar-refractivity contribution < 1.29 is 22.3 Å². The maximum absolute atomic E-state index is 13.5. The minimum Gasteiger partial charge on any atom is -0.379 e. The summed E-state index contributed by atoms with van der Waals surface area (Å²) in [7, 11) is -3.63. The van der Waals surface area contributed by atoms with Crippen molar-refractivity contribution in [1.82, 2.24) is 14.5 Å². The molecule has 2 fully saturated rings. The van der Waals surface area contributed by atoms with Gasteiger partial charge in [-0.25, -0.2) is 12.8 Å². The minimum atomic E-state index is -3.63. The molecule has 1 N–H and O–H groups in total. The molecule has 0 spiro atoms. The van der Waals surface area contributed by atoms with Gasteiger partial charge in [-0.1, -0.05) is 42.5 Å². The van der Waals surface area contributed by atoms with Crippen LogP contribution in [0.3, 0.4) is 0 Å². The van der Waals surface area contributed by atoms with Gasteiger partial charge in [-0.05, 0) is 53.4 Å². The molecule has 1 amide bonds. The van der Waals surface area contributed by atoms with Crippen LogP contribution in [-0.4, -0.2) is 69.5 Å². The highest BCUT2D eigenvalue weighted by Crippen LogP contribution is 2.27. The number of piperidine rings is 1. The number of nitrogens with one attached hydrogen (secondary N) is 1. The van der Waals surface area contributed by atoms with E-state index in [1.807, 2.05) is 30.3 Å². The van der Waals surface area contributed by atoms with E-state index in [0.29, 0.717) is 45.7 Å². The van der Waals surface area contributed by atoms with Gasteiger partial charge in [0, 0.05) is 38.6 Å². The van der Waals surface area contributed by atoms with E-state index in [0.717, 1.165) is 29.4 Å². The molecule has 7 nitrogen and oxygen atoms in total. The molecule has 0 aromatic heterocycles. The standard InChI is InChI=1S/C28H32FN3O4S/c29-25-8-5-22(6-9-25)27(31-15-17-36-18-16-31)20-30-28(33)23-11-13-32(14-12-23)37(34,35)26-10-7-21-3-1-2-4-24(21)19-26/h1-10,19,23,27H,11-18,20H2,(H,30,33)/t27-/m1/s1. The first-order chi connectivity index (χ1) is 17.9. The zero-order valence-corrected chi connectivity index (χ0v) is 21.5. The van der Waals surface area contributed by atoms with Gasteiger partial charge < -0.3 is 10.1 Å². The normalized spacial score (nSPS) is 19.1. The van der Waals surface area contributed by atoms with Crippen LogP contribution in [-0.2, 0) is 19.6 Å². The van der Waals surface area contributed by atoms with Crippen molar-refractivity contribution >= 4 is 26.7 Å². The zero-order valence-electron chi connectivity index (χ0n) is 20.7. The second-order valence-electron chi connectivity index (χ2n) is 9.65. The number of hydrogen-bond donors (Lipinski definition) is 1. The highest BCUT2D eigenvalue weighted by molar-refractivity contribution is 7.89. The van der Waals surface area contributed by atoms with Gasteiger partial charge in [-0.2, -0.15) is 4.31 Å². The largest absolute Gasteiger partial charge is 0.379 e. The third-order valence-corrected chi connectivity index (χ3v) is 9.29. The lowest BCUT2D eigenvalue weighted by Gasteiger charge is -2.35. The zero-order chi connectivity index (χ0) is 25.8. The summed E-state index contributed by atoms with van der Waals surface area (Å²) in [6, 6.07) is 19.2. The van der Waals surface area contributed by atoms with Gasteiger partial charge in [0.15, 0.2) is 0 Å². The second-order valence-corrected chi connectivity index (χ2v) is 11.6. The number of carbonyl (C=O) groups is 1. The predicted octanol–water partition coefficient (Wildman–Crippen LogP) is 3.57. The number of rotatable bonds is 7. The van der Waals surface area contributed by atoms with E-state index in [4.69, 9.17) is 4.74 Å². The van der Waals surface area contributed by atoms with E-state index in [1.165, 1.54) is 16.4 Å². The first-order valence-corrected chi connectivity index (χ1v) is 14.2. The third-order valence-electron chi connectivity index (χ3n) is 7.39. The molecule has 3 aromatic rings. The Morgan fingerprint density at radius 1 is 0.946 bits per heavy atom. The van der Waals surface area contributed by atoms with Gasteiger partial charge in [-0.3, -0.25) is 9.69 Å². The highest BCUT2D eigenvalue weighted by atomic mass is 32.2. The second kappa shape index (κ2) is 11.3. The van der Waals surface area contributed by atoms with E-state index in [9.17, 15) is 17.6 Å². The number of morpholine rings is 1. The Morgan fingerprint density at radius 3 is 2.32 bits per heavy atom. The number of sulfonamides is 1. The van der Waals surface area contributed by atoms with Crippen molar-refractivity contribution in [2.24, 2.45) is 5.92 Å². The number of amides is 1. The van der Waals surface area contributed by atoms with Crippen LogP contribution >= 0.6 is 0 Å². The van der Waals surface area contributed by atoms with Gasteiger partial charge in [0.2, 0.25) is 15.9 Å². The van der Waals surface area contributed by atoms with Gasteiger partial charge in [0.1, 0.15) is 5.82 Å². The first-order valence-electron chi connectivity index (χ1n) is 12.8. The van der Waals surface area contributed by atoms with Crippen molar-refractivity contribution in [3.05, 3.63) is 78.1 Å². The molecular formula is C28H32FN3O4S. The molecule has 2 aliphatic heterocycles. The number of fused-ring (bicyclic) bond motifs is 1. The molecule has 1 atom stereocenters. The average molecular weight is 526 g/mol. The Kier molecular flexibility index (Phi) is 7.85. The molecule has 2 saturated heterocycles. The molecule has 0 radical (unpaired) electrons. The summed E-state index contributed by atoms with van der Waals surface area (Å²) in [6.07, 6.45) is 0.939. The van der Waals surface area contributed by atoms with Crippen LogP contribution in [0.2, 0.25) is 0 Å². The Hall–Kier alpha value is -2.85. The lowest BCUT2D eigenvalue weighted by atomic mass is 9.96. The minimum absolute atomic E-state index is 0.0666. The summed E-state index contributed by atoms with van der Waals surface area (Å²) >= 11 is 0. The smallest absolute Gasteiger partial charge is 0.243 e. The van der Waals surface area contributed by atoms with Crippen molar-refractivity contribution in [2.75, 3.05) is 45.9 Å². The lowest BCUT2D eigenvalue weighted by molar-refractivity contribution is -0.126. The van der Waals surface area contributed by atoms with Gasteiger partial charge >= 0.3 is 0 Å². The Morgan fingerprint density at radius 2 is 1.62 bits per heavy atom. The topological polar surface area (TPSA) is 79.0 Å². The van der Waals surface area contributed by atoms with Crippen LogP contribution in [0.1, 0.15) is 24.4 Å². The summed E-state index contributed by atoms with van der Waals surface area (Å²) < 4.78 is 47.0. The number of nitrogens with zero attached hydrogens (tertiary/aromatic N) is 2. The van der Waals surface area contributed by atoms with E-state index in [1.54, 1.807) is 24.3 Å². The van der Waals surface area contributed by atoms with Crippen LogP contribution in [0, 0.1) is 11.7 Å². The number of hydrogen-bond acceptors (Lipinski definition) is 5. The summed E-state index contributed by atoms with van der Waals surface area (Å²) in [4.78, 5) is 15.6. The summed E-state index contributed by atoms with van der Waals surface area (Å²) in [6.45, 7) is 3.73. The molecule has 0 saturated carbocycles. The molecule has 9 heteroatoms. The summed E-state index contributed by atoms with van der Waals surface area (Å²) in [5.41, 5.74) is 0.944. The maximum atomic E-state index is 13.5. The predicted molar refractivity (Wildman–Crippen MR) is 140 cm³/mol. The molecular weight excluding hydrogens is 493 g/mol. The third kappa shape index (κ3) is 5.85. The molecule has 3 aromatic carbocycles. The number of halogens is 1. The molecule has 0 aliphatic carbocycles. The fraction of sp³-hybridized carbons (Fsp3) is 0.393. The van der Waals surface area contributed by atoms with E-state index < -0.39 is 10.0 Å². The first kappa shape index (κ1) is 25.8. The molecule has 37 heavy (non-hydrogen) atoms. The monoisotopic (exact) mass is 525 g/mol. The molecule has 0 bridgehead atoms. The quantitative estimate of drug-likeness (QED) is 0.510. The maximum Gasteiger partial charge on any atom is 0.243 e. The van der Waals surface area contributed by atoms with Crippen molar-refractivity contribution in [2.45, 2.75) is 23.8 Å². The molecule has 0 unspecified atom stereocenters. The molecule has 2 aliphatic rings. The number of carbonyl (C=O) groups excluding carboxylic acids is 1. The Labute approximate surface area is 217 Å². The fourth-order valence-corrected chi connectivity index (χ4v) is 6.71. The van der Waals surface area contributed by atoms with Gasteiger partial charge in [0.05, 0.1) is 24.2 Å². The van der Waals surface area contributed by atoms with Crippen LogP contribution in [0.15, 0.2) is 71.6 Å². The fourth-order valence-electron chi connectivity index (χ4n) is 5.21. The average Bonchev–Trinajstić information content (AvgIpc) is 2.94. The van der Waals surface area contributed by atoms with Crippen LogP contribution < -0.4 is 5.32 Å². The van der Waals surface area contributed by atoms with Gasteiger partial charge in [-0.15, -0.1) is 0 Å². The molecule has 2 heterocycles. The van der Waals surface area contributed by atoms with E-state index in [-0.39, 0.29) is 28.6 Å². The van der Waals surface area contributed by atoms with Crippen LogP contribution in [0.25, 0.3) is 10.8 Å². The van der Waals surface area contributed by atoms with E-state index >= 15 is 0 Å².